The van der Waals surface area contributed by atoms with Crippen molar-refractivity contribution >= 4 is 5.91 Å². The third-order valence-corrected chi connectivity index (χ3v) is 3.80. The summed E-state index contributed by atoms with van der Waals surface area (Å²) in [6.07, 6.45) is 3.73. The van der Waals surface area contributed by atoms with Crippen LogP contribution in [0.1, 0.15) is 19.3 Å². The van der Waals surface area contributed by atoms with Gasteiger partial charge in [-0.3, -0.25) is 9.69 Å². The van der Waals surface area contributed by atoms with Crippen molar-refractivity contribution in [3.63, 3.8) is 0 Å². The molecule has 2 unspecified atom stereocenters. The van der Waals surface area contributed by atoms with Crippen molar-refractivity contribution in [2.24, 2.45) is 0 Å². The quantitative estimate of drug-likeness (QED) is 0.576. The molecule has 3 aliphatic rings. The fourth-order valence-corrected chi connectivity index (χ4v) is 2.61. The molecular weight excluding hydrogens is 232 g/mol. The number of likely N-dealkylation sites (tertiary alicyclic amines) is 1. The lowest BCUT2D eigenvalue weighted by atomic mass is 10.3. The van der Waals surface area contributed by atoms with Gasteiger partial charge in [0, 0.05) is 39.1 Å². The van der Waals surface area contributed by atoms with Crippen molar-refractivity contribution in [1.29, 1.82) is 0 Å². The Bertz CT molecular complexity index is 289. The van der Waals surface area contributed by atoms with Crippen LogP contribution in [0.15, 0.2) is 0 Å². The lowest BCUT2D eigenvalue weighted by Gasteiger charge is -2.22. The first-order valence-corrected chi connectivity index (χ1v) is 7.04. The molecule has 0 N–H and O–H groups in total. The van der Waals surface area contributed by atoms with E-state index in [0.717, 1.165) is 65.2 Å². The molecule has 0 aromatic rings. The second-order valence-corrected chi connectivity index (χ2v) is 5.51. The number of nitrogens with zero attached hydrogens (tertiary/aromatic N) is 2. The zero-order chi connectivity index (χ0) is 12.4. The summed E-state index contributed by atoms with van der Waals surface area (Å²) in [6, 6.07) is 0. The molecule has 18 heavy (non-hydrogen) atoms. The molecule has 0 radical (unpaired) electrons. The van der Waals surface area contributed by atoms with Crippen molar-refractivity contribution in [1.82, 2.24) is 9.80 Å². The van der Waals surface area contributed by atoms with Crippen molar-refractivity contribution in [2.45, 2.75) is 31.5 Å². The van der Waals surface area contributed by atoms with Crippen LogP contribution in [0.2, 0.25) is 0 Å². The Morgan fingerprint density at radius 2 is 1.89 bits per heavy atom. The summed E-state index contributed by atoms with van der Waals surface area (Å²) in [6.45, 7) is 6.77. The Morgan fingerprint density at radius 3 is 2.39 bits per heavy atom. The largest absolute Gasteiger partial charge is 0.372 e. The lowest BCUT2D eigenvalue weighted by molar-refractivity contribution is -0.127. The van der Waals surface area contributed by atoms with Crippen LogP contribution < -0.4 is 0 Å². The van der Waals surface area contributed by atoms with Gasteiger partial charge in [-0.25, -0.2) is 0 Å². The summed E-state index contributed by atoms with van der Waals surface area (Å²) in [5, 5.41) is 0. The molecule has 102 valence electrons. The van der Waals surface area contributed by atoms with Crippen molar-refractivity contribution in [3.8, 4) is 0 Å². The summed E-state index contributed by atoms with van der Waals surface area (Å²) < 4.78 is 10.6. The van der Waals surface area contributed by atoms with Crippen LogP contribution in [-0.2, 0) is 14.3 Å². The monoisotopic (exact) mass is 254 g/mol. The number of hydrogen-bond acceptors (Lipinski definition) is 4. The highest BCUT2D eigenvalue weighted by Gasteiger charge is 2.30. The number of carbonyl (C=O) groups excluding carboxylic acids is 1. The summed E-state index contributed by atoms with van der Waals surface area (Å²) in [4.78, 5) is 15.9. The number of carbonyl (C=O) groups is 1. The normalized spacial score (nSPS) is 30.3. The molecule has 2 atom stereocenters. The number of epoxide rings is 2. The SMILES string of the molecule is O=C1CCCN1CCCN(CC1CO1)CC1CO1. The predicted molar refractivity (Wildman–Crippen MR) is 66.4 cm³/mol. The number of rotatable bonds is 8. The van der Waals surface area contributed by atoms with Crippen LogP contribution in [0, 0.1) is 0 Å². The van der Waals surface area contributed by atoms with Gasteiger partial charge in [0.15, 0.2) is 0 Å². The molecule has 3 aliphatic heterocycles. The van der Waals surface area contributed by atoms with E-state index < -0.39 is 0 Å². The number of amides is 1. The predicted octanol–water partition coefficient (Wildman–Crippen LogP) is 0.0985. The molecule has 3 saturated heterocycles. The van der Waals surface area contributed by atoms with Gasteiger partial charge in [0.1, 0.15) is 0 Å². The summed E-state index contributed by atoms with van der Waals surface area (Å²) in [5.74, 6) is 0.331. The maximum absolute atomic E-state index is 11.5. The third-order valence-electron chi connectivity index (χ3n) is 3.80. The first-order chi connectivity index (χ1) is 8.81. The highest BCUT2D eigenvalue weighted by molar-refractivity contribution is 5.77. The van der Waals surface area contributed by atoms with E-state index in [1.165, 1.54) is 0 Å². The Labute approximate surface area is 108 Å². The second kappa shape index (κ2) is 5.55. The van der Waals surface area contributed by atoms with E-state index in [1.807, 2.05) is 4.90 Å². The summed E-state index contributed by atoms with van der Waals surface area (Å²) in [7, 11) is 0. The Hall–Kier alpha value is -0.650. The standard InChI is InChI=1S/C13H22N2O3/c16-13-3-1-5-15(13)6-2-4-14(7-11-9-17-11)8-12-10-18-12/h11-12H,1-10H2. The summed E-state index contributed by atoms with van der Waals surface area (Å²) >= 11 is 0. The van der Waals surface area contributed by atoms with Gasteiger partial charge in [0.25, 0.3) is 0 Å². The van der Waals surface area contributed by atoms with Gasteiger partial charge < -0.3 is 14.4 Å². The van der Waals surface area contributed by atoms with E-state index in [4.69, 9.17) is 9.47 Å². The molecule has 0 bridgehead atoms. The third kappa shape index (κ3) is 3.67. The molecular formula is C13H22N2O3. The highest BCUT2D eigenvalue weighted by atomic mass is 16.6. The Kier molecular flexibility index (Phi) is 3.82. The van der Waals surface area contributed by atoms with E-state index in [2.05, 4.69) is 4.90 Å². The highest BCUT2D eigenvalue weighted by Crippen LogP contribution is 2.16. The Balaban J connectivity index is 1.36. The minimum absolute atomic E-state index is 0.331. The molecule has 0 spiro atoms. The maximum Gasteiger partial charge on any atom is 0.222 e. The van der Waals surface area contributed by atoms with Crippen molar-refractivity contribution in [2.75, 3.05) is 45.9 Å². The molecule has 5 heteroatoms. The second-order valence-electron chi connectivity index (χ2n) is 5.51. The van der Waals surface area contributed by atoms with Gasteiger partial charge in [0.05, 0.1) is 25.4 Å². The maximum atomic E-state index is 11.5. The molecule has 0 aromatic heterocycles. The molecule has 5 nitrogen and oxygen atoms in total. The van der Waals surface area contributed by atoms with E-state index >= 15 is 0 Å². The molecule has 0 saturated carbocycles. The summed E-state index contributed by atoms with van der Waals surface area (Å²) in [5.41, 5.74) is 0. The van der Waals surface area contributed by atoms with Gasteiger partial charge in [-0.15, -0.1) is 0 Å². The molecule has 3 rings (SSSR count). The van der Waals surface area contributed by atoms with Crippen LogP contribution in [0.5, 0.6) is 0 Å². The van der Waals surface area contributed by atoms with Crippen LogP contribution in [-0.4, -0.2) is 73.9 Å². The van der Waals surface area contributed by atoms with E-state index in [0.29, 0.717) is 18.1 Å². The molecule has 3 fully saturated rings. The van der Waals surface area contributed by atoms with Gasteiger partial charge in [-0.1, -0.05) is 0 Å². The van der Waals surface area contributed by atoms with Crippen LogP contribution in [0.25, 0.3) is 0 Å². The first kappa shape index (κ1) is 12.4. The van der Waals surface area contributed by atoms with Crippen LogP contribution in [0.4, 0.5) is 0 Å². The number of hydrogen-bond donors (Lipinski definition) is 0. The molecule has 0 aliphatic carbocycles. The van der Waals surface area contributed by atoms with Crippen molar-refractivity contribution < 1.29 is 14.3 Å². The van der Waals surface area contributed by atoms with Crippen LogP contribution in [0.3, 0.4) is 0 Å². The average Bonchev–Trinajstić information content (AvgIpc) is 3.25. The van der Waals surface area contributed by atoms with Gasteiger partial charge >= 0.3 is 0 Å². The zero-order valence-electron chi connectivity index (χ0n) is 10.8. The fourth-order valence-electron chi connectivity index (χ4n) is 2.61. The van der Waals surface area contributed by atoms with Gasteiger partial charge in [0.2, 0.25) is 5.91 Å². The van der Waals surface area contributed by atoms with E-state index in [9.17, 15) is 4.79 Å². The lowest BCUT2D eigenvalue weighted by Crippen LogP contribution is -2.35. The smallest absolute Gasteiger partial charge is 0.222 e. The topological polar surface area (TPSA) is 48.6 Å². The van der Waals surface area contributed by atoms with Crippen molar-refractivity contribution in [3.05, 3.63) is 0 Å². The van der Waals surface area contributed by atoms with Crippen LogP contribution >= 0.6 is 0 Å². The minimum Gasteiger partial charge on any atom is -0.372 e. The fraction of sp³-hybridized carbons (Fsp3) is 0.923. The zero-order valence-corrected chi connectivity index (χ0v) is 10.8. The van der Waals surface area contributed by atoms with E-state index in [-0.39, 0.29) is 0 Å². The minimum atomic E-state index is 0.331. The van der Waals surface area contributed by atoms with E-state index in [1.54, 1.807) is 0 Å². The molecule has 3 heterocycles. The average molecular weight is 254 g/mol. The van der Waals surface area contributed by atoms with Gasteiger partial charge in [-0.2, -0.15) is 0 Å². The molecule has 1 amide bonds. The first-order valence-electron chi connectivity index (χ1n) is 7.04. The van der Waals surface area contributed by atoms with Gasteiger partial charge in [-0.05, 0) is 12.8 Å². The Morgan fingerprint density at radius 1 is 1.22 bits per heavy atom. The molecule has 0 aromatic carbocycles. The number of ether oxygens (including phenoxy) is 2.